The lowest BCUT2D eigenvalue weighted by atomic mass is 10.0. The highest BCUT2D eigenvalue weighted by atomic mass is 32.2. The van der Waals surface area contributed by atoms with Crippen molar-refractivity contribution in [2.75, 3.05) is 19.4 Å². The van der Waals surface area contributed by atoms with E-state index >= 15 is 0 Å². The van der Waals surface area contributed by atoms with E-state index in [1.165, 1.54) is 6.26 Å². The van der Waals surface area contributed by atoms with E-state index in [4.69, 9.17) is 10.5 Å². The topological polar surface area (TPSA) is 69.4 Å². The second-order valence-electron chi connectivity index (χ2n) is 4.78. The monoisotopic (exact) mass is 305 g/mol. The third-order valence-corrected chi connectivity index (χ3v) is 4.22. The minimum Gasteiger partial charge on any atom is -0.493 e. The van der Waals surface area contributed by atoms with Gasteiger partial charge in [-0.3, -0.25) is 0 Å². The molecule has 0 aliphatic carbocycles. The Morgan fingerprint density at radius 3 is 2.33 bits per heavy atom. The first kappa shape index (κ1) is 15.5. The van der Waals surface area contributed by atoms with Crippen molar-refractivity contribution < 1.29 is 13.2 Å². The Labute approximate surface area is 125 Å². The van der Waals surface area contributed by atoms with E-state index in [9.17, 15) is 8.42 Å². The SMILES string of the molecule is CS(=O)(=O)c1ccc(-c2ccccc2OCCCN)cc1. The molecule has 21 heavy (non-hydrogen) atoms. The van der Waals surface area contributed by atoms with Crippen molar-refractivity contribution in [3.63, 3.8) is 0 Å². The van der Waals surface area contributed by atoms with E-state index in [1.54, 1.807) is 24.3 Å². The Balaban J connectivity index is 2.29. The molecule has 0 amide bonds. The Kier molecular flexibility index (Phi) is 4.98. The van der Waals surface area contributed by atoms with Gasteiger partial charge in [0.2, 0.25) is 0 Å². The molecule has 0 atom stereocenters. The quantitative estimate of drug-likeness (QED) is 0.832. The zero-order chi connectivity index (χ0) is 15.3. The minimum atomic E-state index is -3.17. The summed E-state index contributed by atoms with van der Waals surface area (Å²) in [5.74, 6) is 0.776. The maximum absolute atomic E-state index is 11.5. The lowest BCUT2D eigenvalue weighted by Crippen LogP contribution is -2.06. The molecule has 0 unspecified atom stereocenters. The van der Waals surface area contributed by atoms with Crippen LogP contribution in [0.4, 0.5) is 0 Å². The van der Waals surface area contributed by atoms with Gasteiger partial charge in [0.25, 0.3) is 0 Å². The Bertz CT molecular complexity index is 694. The molecule has 2 N–H and O–H groups in total. The van der Waals surface area contributed by atoms with Crippen LogP contribution < -0.4 is 10.5 Å². The van der Waals surface area contributed by atoms with Gasteiger partial charge < -0.3 is 10.5 Å². The van der Waals surface area contributed by atoms with Gasteiger partial charge in [-0.15, -0.1) is 0 Å². The Morgan fingerprint density at radius 1 is 1.05 bits per heavy atom. The molecule has 5 heteroatoms. The summed E-state index contributed by atoms with van der Waals surface area (Å²) in [4.78, 5) is 0.313. The number of hydrogen-bond donors (Lipinski definition) is 1. The first-order valence-electron chi connectivity index (χ1n) is 6.75. The van der Waals surface area contributed by atoms with Crippen LogP contribution in [0.25, 0.3) is 11.1 Å². The highest BCUT2D eigenvalue weighted by molar-refractivity contribution is 7.90. The molecule has 4 nitrogen and oxygen atoms in total. The van der Waals surface area contributed by atoms with E-state index in [0.29, 0.717) is 18.0 Å². The van der Waals surface area contributed by atoms with Crippen molar-refractivity contribution in [3.8, 4) is 16.9 Å². The first-order valence-corrected chi connectivity index (χ1v) is 8.64. The molecule has 0 saturated heterocycles. The van der Waals surface area contributed by atoms with E-state index in [0.717, 1.165) is 23.3 Å². The average molecular weight is 305 g/mol. The number of nitrogens with two attached hydrogens (primary N) is 1. The maximum Gasteiger partial charge on any atom is 0.175 e. The lowest BCUT2D eigenvalue weighted by Gasteiger charge is -2.11. The predicted molar refractivity (Wildman–Crippen MR) is 84.2 cm³/mol. The fourth-order valence-electron chi connectivity index (χ4n) is 1.98. The van der Waals surface area contributed by atoms with Gasteiger partial charge in [0.15, 0.2) is 9.84 Å². The van der Waals surface area contributed by atoms with Crippen molar-refractivity contribution in [1.82, 2.24) is 0 Å². The van der Waals surface area contributed by atoms with Crippen LogP contribution in [-0.4, -0.2) is 27.8 Å². The smallest absolute Gasteiger partial charge is 0.175 e. The van der Waals surface area contributed by atoms with Gasteiger partial charge in [0.05, 0.1) is 11.5 Å². The van der Waals surface area contributed by atoms with Crippen LogP contribution in [0, 0.1) is 0 Å². The molecule has 0 aliphatic rings. The van der Waals surface area contributed by atoms with Crippen molar-refractivity contribution in [2.45, 2.75) is 11.3 Å². The standard InChI is InChI=1S/C16H19NO3S/c1-21(18,19)14-9-7-13(8-10-14)15-5-2-3-6-16(15)20-12-4-11-17/h2-3,5-10H,4,11-12,17H2,1H3. The lowest BCUT2D eigenvalue weighted by molar-refractivity contribution is 0.314. The molecule has 0 bridgehead atoms. The van der Waals surface area contributed by atoms with Crippen molar-refractivity contribution in [3.05, 3.63) is 48.5 Å². The summed E-state index contributed by atoms with van der Waals surface area (Å²) in [6.07, 6.45) is 1.99. The van der Waals surface area contributed by atoms with Gasteiger partial charge in [-0.25, -0.2) is 8.42 Å². The van der Waals surface area contributed by atoms with E-state index in [2.05, 4.69) is 0 Å². The van der Waals surface area contributed by atoms with Gasteiger partial charge in [-0.1, -0.05) is 30.3 Å². The molecule has 2 aromatic carbocycles. The van der Waals surface area contributed by atoms with Crippen molar-refractivity contribution in [1.29, 1.82) is 0 Å². The van der Waals surface area contributed by atoms with E-state index in [-0.39, 0.29) is 0 Å². The molecule has 0 fully saturated rings. The van der Waals surface area contributed by atoms with Crippen molar-refractivity contribution in [2.24, 2.45) is 5.73 Å². The van der Waals surface area contributed by atoms with Crippen LogP contribution in [0.15, 0.2) is 53.4 Å². The van der Waals surface area contributed by atoms with Crippen LogP contribution in [0.5, 0.6) is 5.75 Å². The molecule has 0 saturated carbocycles. The molecule has 0 aliphatic heterocycles. The largest absolute Gasteiger partial charge is 0.493 e. The first-order chi connectivity index (χ1) is 10.0. The number of para-hydroxylation sites is 1. The zero-order valence-electron chi connectivity index (χ0n) is 12.0. The van der Waals surface area contributed by atoms with Crippen LogP contribution >= 0.6 is 0 Å². The second-order valence-corrected chi connectivity index (χ2v) is 6.80. The predicted octanol–water partition coefficient (Wildman–Crippen LogP) is 2.48. The average Bonchev–Trinajstić information content (AvgIpc) is 2.47. The number of ether oxygens (including phenoxy) is 1. The van der Waals surface area contributed by atoms with Crippen LogP contribution in [-0.2, 0) is 9.84 Å². The fraction of sp³-hybridized carbons (Fsp3) is 0.250. The Hall–Kier alpha value is -1.85. The second kappa shape index (κ2) is 6.74. The minimum absolute atomic E-state index is 0.313. The van der Waals surface area contributed by atoms with Gasteiger partial charge in [-0.05, 0) is 36.7 Å². The molecule has 0 spiro atoms. The van der Waals surface area contributed by atoms with Gasteiger partial charge >= 0.3 is 0 Å². The molecule has 2 rings (SSSR count). The molecule has 0 heterocycles. The molecule has 2 aromatic rings. The van der Waals surface area contributed by atoms with Crippen LogP contribution in [0.1, 0.15) is 6.42 Å². The van der Waals surface area contributed by atoms with E-state index < -0.39 is 9.84 Å². The zero-order valence-corrected chi connectivity index (χ0v) is 12.8. The number of sulfone groups is 1. The van der Waals surface area contributed by atoms with Gasteiger partial charge in [0, 0.05) is 11.8 Å². The molecule has 0 aromatic heterocycles. The third kappa shape index (κ3) is 4.06. The van der Waals surface area contributed by atoms with Crippen LogP contribution in [0.3, 0.4) is 0 Å². The molecule has 0 radical (unpaired) electrons. The molecular weight excluding hydrogens is 286 g/mol. The normalized spacial score (nSPS) is 11.3. The summed E-state index contributed by atoms with van der Waals surface area (Å²) in [7, 11) is -3.17. The summed E-state index contributed by atoms with van der Waals surface area (Å²) in [6.45, 7) is 1.15. The Morgan fingerprint density at radius 2 is 1.71 bits per heavy atom. The molecule has 112 valence electrons. The molecular formula is C16H19NO3S. The summed E-state index contributed by atoms with van der Waals surface area (Å²) in [5, 5.41) is 0. The summed E-state index contributed by atoms with van der Waals surface area (Å²) < 4.78 is 28.7. The van der Waals surface area contributed by atoms with Crippen LogP contribution in [0.2, 0.25) is 0 Å². The summed E-state index contributed by atoms with van der Waals surface area (Å²) >= 11 is 0. The number of rotatable bonds is 6. The fourth-order valence-corrected chi connectivity index (χ4v) is 2.61. The van der Waals surface area contributed by atoms with Gasteiger partial charge in [-0.2, -0.15) is 0 Å². The maximum atomic E-state index is 11.5. The third-order valence-electron chi connectivity index (χ3n) is 3.09. The summed E-state index contributed by atoms with van der Waals surface area (Å²) in [6, 6.07) is 14.5. The summed E-state index contributed by atoms with van der Waals surface area (Å²) in [5.41, 5.74) is 7.32. The highest BCUT2D eigenvalue weighted by Crippen LogP contribution is 2.30. The number of benzene rings is 2. The van der Waals surface area contributed by atoms with Gasteiger partial charge in [0.1, 0.15) is 5.75 Å². The van der Waals surface area contributed by atoms with E-state index in [1.807, 2.05) is 24.3 Å². The highest BCUT2D eigenvalue weighted by Gasteiger charge is 2.09. The number of hydrogen-bond acceptors (Lipinski definition) is 4. The van der Waals surface area contributed by atoms with Crippen molar-refractivity contribution >= 4 is 9.84 Å².